The minimum Gasteiger partial charge on any atom is -0.311 e. The fraction of sp³-hybridized carbons (Fsp3) is 0.0667. The van der Waals surface area contributed by atoms with E-state index in [9.17, 15) is 0 Å². The summed E-state index contributed by atoms with van der Waals surface area (Å²) in [5, 5.41) is 1.48. The third-order valence-corrected chi connectivity index (χ3v) is 11.0. The first kappa shape index (κ1) is 30.2. The minimum atomic E-state index is -1.33. The molecule has 7 rings (SSSR count). The summed E-state index contributed by atoms with van der Waals surface area (Å²) >= 11 is 0. The fourth-order valence-corrected chi connectivity index (χ4v) is 7.30. The molecule has 7 aromatic carbocycles. The zero-order chi connectivity index (χ0) is 32.2. The molecule has 0 aliphatic heterocycles. The van der Waals surface area contributed by atoms with Crippen molar-refractivity contribution in [1.29, 1.82) is 0 Å². The average Bonchev–Trinajstić information content (AvgIpc) is 3.13. The molecule has 7 aromatic rings. The van der Waals surface area contributed by atoms with Crippen LogP contribution >= 0.6 is 0 Å². The SMILES string of the molecule is C[Si](C)(C)c1ccc(-c2ccc(N(c3ccc(-c4ccccc4)cc3)c3ccc(-c4ccc(-c5ccccc5)cc4)cc3)cc2)cc1. The van der Waals surface area contributed by atoms with Crippen LogP contribution in [0.4, 0.5) is 17.1 Å². The van der Waals surface area contributed by atoms with Crippen molar-refractivity contribution in [2.45, 2.75) is 19.6 Å². The van der Waals surface area contributed by atoms with Crippen LogP contribution in [0, 0.1) is 0 Å². The Morgan fingerprint density at radius 2 is 0.511 bits per heavy atom. The lowest BCUT2D eigenvalue weighted by Crippen LogP contribution is -2.37. The van der Waals surface area contributed by atoms with Crippen LogP contribution in [-0.4, -0.2) is 8.07 Å². The van der Waals surface area contributed by atoms with Gasteiger partial charge in [0.15, 0.2) is 0 Å². The van der Waals surface area contributed by atoms with Crippen molar-refractivity contribution in [3.8, 4) is 44.5 Å². The maximum Gasteiger partial charge on any atom is 0.0775 e. The summed E-state index contributed by atoms with van der Waals surface area (Å²) in [5.74, 6) is 0. The minimum absolute atomic E-state index is 1.12. The van der Waals surface area contributed by atoms with E-state index in [4.69, 9.17) is 0 Å². The van der Waals surface area contributed by atoms with Gasteiger partial charge in [0, 0.05) is 17.1 Å². The molecule has 1 nitrogen and oxygen atoms in total. The van der Waals surface area contributed by atoms with Crippen molar-refractivity contribution in [1.82, 2.24) is 0 Å². The highest BCUT2D eigenvalue weighted by atomic mass is 28.3. The van der Waals surface area contributed by atoms with Crippen molar-refractivity contribution in [3.63, 3.8) is 0 Å². The smallest absolute Gasteiger partial charge is 0.0775 e. The standard InChI is InChI=1S/C45H39NSi/c1-47(2,3)45-32-24-41(25-33-45)40-22-30-44(31-23-40)46(42-26-18-38(19-27-42)35-12-8-5-9-13-35)43-28-20-39(21-29-43)37-16-14-36(15-17-37)34-10-6-4-7-11-34/h4-33H,1-3H3. The molecule has 0 atom stereocenters. The summed E-state index contributed by atoms with van der Waals surface area (Å²) in [7, 11) is -1.33. The summed E-state index contributed by atoms with van der Waals surface area (Å²) in [6, 6.07) is 65.9. The molecular weight excluding hydrogens is 583 g/mol. The van der Waals surface area contributed by atoms with Crippen molar-refractivity contribution in [2.75, 3.05) is 4.90 Å². The van der Waals surface area contributed by atoms with Gasteiger partial charge in [-0.05, 0) is 80.9 Å². The van der Waals surface area contributed by atoms with Crippen LogP contribution in [0.3, 0.4) is 0 Å². The van der Waals surface area contributed by atoms with E-state index in [0.717, 1.165) is 17.1 Å². The summed E-state index contributed by atoms with van der Waals surface area (Å²) in [6.45, 7) is 7.18. The van der Waals surface area contributed by atoms with Crippen molar-refractivity contribution in [3.05, 3.63) is 182 Å². The first-order valence-corrected chi connectivity index (χ1v) is 19.8. The Labute approximate surface area is 280 Å². The van der Waals surface area contributed by atoms with E-state index >= 15 is 0 Å². The summed E-state index contributed by atoms with van der Waals surface area (Å²) in [6.07, 6.45) is 0. The Bertz CT molecular complexity index is 2040. The molecular formula is C45H39NSi. The van der Waals surface area contributed by atoms with E-state index in [1.165, 1.54) is 49.7 Å². The predicted molar refractivity (Wildman–Crippen MR) is 206 cm³/mol. The monoisotopic (exact) mass is 621 g/mol. The molecule has 2 heteroatoms. The first-order valence-electron chi connectivity index (χ1n) is 16.3. The van der Waals surface area contributed by atoms with E-state index < -0.39 is 8.07 Å². The molecule has 0 aliphatic rings. The highest BCUT2D eigenvalue weighted by molar-refractivity contribution is 6.88. The summed E-state index contributed by atoms with van der Waals surface area (Å²) in [4.78, 5) is 2.34. The molecule has 228 valence electrons. The largest absolute Gasteiger partial charge is 0.311 e. The van der Waals surface area contributed by atoms with Crippen molar-refractivity contribution >= 4 is 30.3 Å². The van der Waals surface area contributed by atoms with Crippen LogP contribution in [0.5, 0.6) is 0 Å². The van der Waals surface area contributed by atoms with Gasteiger partial charge >= 0.3 is 0 Å². The zero-order valence-corrected chi connectivity index (χ0v) is 28.3. The number of nitrogens with zero attached hydrogens (tertiary/aromatic N) is 1. The van der Waals surface area contributed by atoms with Gasteiger partial charge in [-0.15, -0.1) is 0 Å². The van der Waals surface area contributed by atoms with Crippen LogP contribution in [0.15, 0.2) is 182 Å². The lowest BCUT2D eigenvalue weighted by atomic mass is 10.00. The van der Waals surface area contributed by atoms with E-state index in [1.807, 2.05) is 0 Å². The van der Waals surface area contributed by atoms with Crippen LogP contribution in [0.25, 0.3) is 44.5 Å². The molecule has 0 N–H and O–H groups in total. The second-order valence-electron chi connectivity index (χ2n) is 13.1. The van der Waals surface area contributed by atoms with E-state index in [2.05, 4.69) is 207 Å². The molecule has 0 saturated carbocycles. The quantitative estimate of drug-likeness (QED) is 0.153. The third kappa shape index (κ3) is 6.74. The van der Waals surface area contributed by atoms with Gasteiger partial charge in [0.1, 0.15) is 0 Å². The van der Waals surface area contributed by atoms with Gasteiger partial charge in [-0.2, -0.15) is 0 Å². The topological polar surface area (TPSA) is 3.24 Å². The molecule has 0 heterocycles. The Kier molecular flexibility index (Phi) is 8.43. The number of anilines is 3. The van der Waals surface area contributed by atoms with Crippen LogP contribution in [0.1, 0.15) is 0 Å². The van der Waals surface area contributed by atoms with Gasteiger partial charge in [0.25, 0.3) is 0 Å². The normalized spacial score (nSPS) is 11.3. The van der Waals surface area contributed by atoms with Gasteiger partial charge in [-0.1, -0.05) is 170 Å². The number of benzene rings is 7. The molecule has 0 amide bonds. The second-order valence-corrected chi connectivity index (χ2v) is 18.2. The van der Waals surface area contributed by atoms with Crippen LogP contribution in [-0.2, 0) is 0 Å². The first-order chi connectivity index (χ1) is 22.9. The van der Waals surface area contributed by atoms with Gasteiger partial charge in [-0.25, -0.2) is 0 Å². The Hall–Kier alpha value is -5.44. The molecule has 0 aliphatic carbocycles. The Morgan fingerprint density at radius 3 is 0.787 bits per heavy atom. The molecule has 0 spiro atoms. The van der Waals surface area contributed by atoms with Gasteiger partial charge in [-0.3, -0.25) is 0 Å². The van der Waals surface area contributed by atoms with E-state index in [-0.39, 0.29) is 0 Å². The average molecular weight is 622 g/mol. The molecule has 0 unspecified atom stereocenters. The number of hydrogen-bond acceptors (Lipinski definition) is 1. The molecule has 0 radical (unpaired) electrons. The van der Waals surface area contributed by atoms with Crippen LogP contribution < -0.4 is 10.1 Å². The van der Waals surface area contributed by atoms with E-state index in [1.54, 1.807) is 0 Å². The molecule has 47 heavy (non-hydrogen) atoms. The molecule has 0 fully saturated rings. The highest BCUT2D eigenvalue weighted by Crippen LogP contribution is 2.38. The maximum atomic E-state index is 2.39. The molecule has 0 bridgehead atoms. The lowest BCUT2D eigenvalue weighted by molar-refractivity contribution is 1.28. The Balaban J connectivity index is 1.21. The van der Waals surface area contributed by atoms with Crippen molar-refractivity contribution < 1.29 is 0 Å². The highest BCUT2D eigenvalue weighted by Gasteiger charge is 2.17. The number of hydrogen-bond donors (Lipinski definition) is 0. The maximum absolute atomic E-state index is 2.39. The van der Waals surface area contributed by atoms with Gasteiger partial charge in [0.05, 0.1) is 8.07 Å². The van der Waals surface area contributed by atoms with Gasteiger partial charge < -0.3 is 4.90 Å². The Morgan fingerprint density at radius 1 is 0.277 bits per heavy atom. The van der Waals surface area contributed by atoms with Crippen molar-refractivity contribution in [2.24, 2.45) is 0 Å². The van der Waals surface area contributed by atoms with E-state index in [0.29, 0.717) is 0 Å². The molecule has 0 aromatic heterocycles. The summed E-state index contributed by atoms with van der Waals surface area (Å²) in [5.41, 5.74) is 13.1. The number of rotatable bonds is 8. The predicted octanol–water partition coefficient (Wildman–Crippen LogP) is 12.4. The van der Waals surface area contributed by atoms with Crippen LogP contribution in [0.2, 0.25) is 19.6 Å². The summed E-state index contributed by atoms with van der Waals surface area (Å²) < 4.78 is 0. The third-order valence-electron chi connectivity index (χ3n) is 8.89. The molecule has 0 saturated heterocycles. The van der Waals surface area contributed by atoms with Gasteiger partial charge in [0.2, 0.25) is 0 Å². The fourth-order valence-electron chi connectivity index (χ4n) is 6.14. The lowest BCUT2D eigenvalue weighted by Gasteiger charge is -2.26. The zero-order valence-electron chi connectivity index (χ0n) is 27.3. The second kappa shape index (κ2) is 13.1.